The molecule has 3 aromatic rings. The molecule has 4 N–H and O–H groups in total. The maximum atomic E-state index is 12.8. The second-order valence-corrected chi connectivity index (χ2v) is 8.93. The first-order chi connectivity index (χ1) is 20.0. The van der Waals surface area contributed by atoms with Crippen molar-refractivity contribution < 1.29 is 67.6 Å². The Morgan fingerprint density at radius 1 is 0.905 bits per heavy atom. The number of esters is 3. The molecule has 42 heavy (non-hydrogen) atoms. The molecule has 15 nitrogen and oxygen atoms in total. The number of aromatic hydroxyl groups is 2. The van der Waals surface area contributed by atoms with Gasteiger partial charge in [-0.25, -0.2) is 4.79 Å². The van der Waals surface area contributed by atoms with Gasteiger partial charge in [-0.1, -0.05) is 0 Å². The van der Waals surface area contributed by atoms with Crippen LogP contribution in [0.2, 0.25) is 0 Å². The van der Waals surface area contributed by atoms with E-state index in [1.54, 1.807) is 0 Å². The predicted molar refractivity (Wildman–Crippen MR) is 138 cm³/mol. The fourth-order valence-corrected chi connectivity index (χ4v) is 4.18. The van der Waals surface area contributed by atoms with Crippen molar-refractivity contribution in [3.63, 3.8) is 0 Å². The molecule has 0 aliphatic carbocycles. The van der Waals surface area contributed by atoms with Gasteiger partial charge in [0.1, 0.15) is 46.9 Å². The van der Waals surface area contributed by atoms with Crippen LogP contribution in [0.25, 0.3) is 22.3 Å². The Balaban J connectivity index is 1.72. The number of phenols is 2. The lowest BCUT2D eigenvalue weighted by molar-refractivity contribution is -0.276. The van der Waals surface area contributed by atoms with Gasteiger partial charge in [0.05, 0.1) is 21.3 Å². The molecular formula is C27H26O15. The van der Waals surface area contributed by atoms with E-state index in [4.69, 9.17) is 23.4 Å². The predicted octanol–water partition coefficient (Wildman–Crippen LogP) is 0.353. The third kappa shape index (κ3) is 6.07. The number of carbonyl (C=O) groups excluding carboxylic acids is 3. The van der Waals surface area contributed by atoms with Crippen LogP contribution in [-0.4, -0.2) is 90.4 Å². The maximum absolute atomic E-state index is 12.8. The summed E-state index contributed by atoms with van der Waals surface area (Å²) >= 11 is 0. The van der Waals surface area contributed by atoms with Crippen LogP contribution < -0.4 is 14.9 Å². The molecule has 2 heterocycles. The quantitative estimate of drug-likeness (QED) is 0.158. The van der Waals surface area contributed by atoms with E-state index in [-0.39, 0.29) is 34.0 Å². The Kier molecular flexibility index (Phi) is 8.84. The number of carbonyl (C=O) groups is 3. The molecule has 1 aliphatic heterocycles. The summed E-state index contributed by atoms with van der Waals surface area (Å²) in [6, 6.07) is 7.54. The van der Waals surface area contributed by atoms with E-state index < -0.39 is 66.2 Å². The van der Waals surface area contributed by atoms with E-state index in [2.05, 4.69) is 9.47 Å². The second-order valence-electron chi connectivity index (χ2n) is 8.93. The van der Waals surface area contributed by atoms with Gasteiger partial charge in [-0.3, -0.25) is 14.4 Å². The molecule has 0 radical (unpaired) electrons. The van der Waals surface area contributed by atoms with Gasteiger partial charge in [0.25, 0.3) is 0 Å². The molecule has 1 saturated heterocycles. The van der Waals surface area contributed by atoms with Gasteiger partial charge in [0.15, 0.2) is 29.1 Å². The highest BCUT2D eigenvalue weighted by molar-refractivity contribution is 5.91. The Hall–Kier alpha value is -4.86. The molecule has 0 saturated carbocycles. The Morgan fingerprint density at radius 2 is 1.64 bits per heavy atom. The van der Waals surface area contributed by atoms with Crippen molar-refractivity contribution in [2.24, 2.45) is 0 Å². The molecule has 15 heteroatoms. The van der Waals surface area contributed by atoms with Gasteiger partial charge in [-0.05, 0) is 18.2 Å². The van der Waals surface area contributed by atoms with Crippen molar-refractivity contribution in [2.45, 2.75) is 37.1 Å². The number of aliphatic hydroxyl groups is 2. The van der Waals surface area contributed by atoms with E-state index in [1.165, 1.54) is 31.4 Å². The van der Waals surface area contributed by atoms with Gasteiger partial charge in [-0.2, -0.15) is 0 Å². The first-order valence-corrected chi connectivity index (χ1v) is 12.2. The summed E-state index contributed by atoms with van der Waals surface area (Å²) in [6.45, 7) is 0. The molecule has 0 bridgehead atoms. The molecule has 0 unspecified atom stereocenters. The number of aliphatic hydroxyl groups excluding tert-OH is 2. The number of fused-ring (bicyclic) bond motifs is 1. The minimum absolute atomic E-state index is 0.00911. The van der Waals surface area contributed by atoms with Crippen molar-refractivity contribution >= 4 is 28.9 Å². The molecule has 1 fully saturated rings. The van der Waals surface area contributed by atoms with Crippen molar-refractivity contribution in [3.8, 4) is 34.3 Å². The smallest absolute Gasteiger partial charge is 0.337 e. The fraction of sp³-hybridized carbons (Fsp3) is 0.333. The fourth-order valence-electron chi connectivity index (χ4n) is 4.18. The van der Waals surface area contributed by atoms with Crippen LogP contribution in [-0.2, 0) is 33.3 Å². The zero-order valence-electron chi connectivity index (χ0n) is 22.3. The van der Waals surface area contributed by atoms with E-state index in [0.717, 1.165) is 26.4 Å². The number of hydrogen-bond acceptors (Lipinski definition) is 15. The number of rotatable bonds is 8. The number of benzene rings is 2. The van der Waals surface area contributed by atoms with Crippen LogP contribution in [0.1, 0.15) is 6.42 Å². The average Bonchev–Trinajstić information content (AvgIpc) is 2.95. The van der Waals surface area contributed by atoms with Crippen LogP contribution in [0, 0.1) is 0 Å². The standard InChI is InChI=1S/C27H26O15/c1-36-16-5-4-11(6-13(16)28)17-9-15(30)21-14(29)7-12(8-18(21)40-17)39-27-25(41-20(32)10-19(31)37-2)23(34)22(33)24(42-27)26(35)38-3/h4-9,22-25,27-29,33-34H,10H2,1-3H3/t22-,23-,24-,25+,27+/m0/s1. The molecule has 1 aliphatic rings. The first-order valence-electron chi connectivity index (χ1n) is 12.2. The van der Waals surface area contributed by atoms with E-state index >= 15 is 0 Å². The zero-order chi connectivity index (χ0) is 30.7. The summed E-state index contributed by atoms with van der Waals surface area (Å²) in [5, 5.41) is 41.6. The number of methoxy groups -OCH3 is 3. The number of hydrogen-bond donors (Lipinski definition) is 4. The summed E-state index contributed by atoms with van der Waals surface area (Å²) in [4.78, 5) is 48.8. The van der Waals surface area contributed by atoms with Crippen LogP contribution in [0.4, 0.5) is 0 Å². The Labute approximate surface area is 236 Å². The molecular weight excluding hydrogens is 564 g/mol. The number of ether oxygens (including phenoxy) is 6. The minimum atomic E-state index is -1.96. The molecule has 4 rings (SSSR count). The van der Waals surface area contributed by atoms with E-state index in [1.807, 2.05) is 0 Å². The third-order valence-corrected chi connectivity index (χ3v) is 6.26. The van der Waals surface area contributed by atoms with Crippen molar-refractivity contribution in [1.82, 2.24) is 0 Å². The van der Waals surface area contributed by atoms with Gasteiger partial charge in [0, 0.05) is 23.8 Å². The topological polar surface area (TPSA) is 218 Å². The molecule has 0 spiro atoms. The normalized spacial score (nSPS) is 21.8. The maximum Gasteiger partial charge on any atom is 0.337 e. The Morgan fingerprint density at radius 3 is 2.29 bits per heavy atom. The third-order valence-electron chi connectivity index (χ3n) is 6.26. The van der Waals surface area contributed by atoms with E-state index in [0.29, 0.717) is 5.56 Å². The van der Waals surface area contributed by atoms with Crippen molar-refractivity contribution in [1.29, 1.82) is 0 Å². The summed E-state index contributed by atoms with van der Waals surface area (Å²) in [6.07, 6.45) is -10.1. The lowest BCUT2D eigenvalue weighted by atomic mass is 9.98. The first kappa shape index (κ1) is 30.1. The van der Waals surface area contributed by atoms with Crippen molar-refractivity contribution in [3.05, 3.63) is 46.6 Å². The van der Waals surface area contributed by atoms with Crippen LogP contribution in [0.3, 0.4) is 0 Å². The van der Waals surface area contributed by atoms with Crippen LogP contribution in [0.15, 0.2) is 45.6 Å². The van der Waals surface area contributed by atoms with Gasteiger partial charge in [0.2, 0.25) is 6.29 Å². The monoisotopic (exact) mass is 590 g/mol. The van der Waals surface area contributed by atoms with Gasteiger partial charge in [-0.15, -0.1) is 0 Å². The van der Waals surface area contributed by atoms with Gasteiger partial charge >= 0.3 is 17.9 Å². The SMILES string of the molecule is COC(=O)CC(=O)O[C@H]1[C@H](Oc2cc(O)c3c(=O)cc(-c4ccc(OC)c(O)c4)oc3c2)O[C@H](C(=O)OC)[C@@H](O)[C@@H]1O. The molecule has 1 aromatic heterocycles. The lowest BCUT2D eigenvalue weighted by Crippen LogP contribution is -2.62. The van der Waals surface area contributed by atoms with E-state index in [9.17, 15) is 39.6 Å². The molecule has 2 aromatic carbocycles. The highest BCUT2D eigenvalue weighted by atomic mass is 16.7. The minimum Gasteiger partial charge on any atom is -0.507 e. The zero-order valence-corrected chi connectivity index (χ0v) is 22.3. The van der Waals surface area contributed by atoms with Gasteiger partial charge < -0.3 is 53.3 Å². The summed E-state index contributed by atoms with van der Waals surface area (Å²) in [7, 11) is 3.41. The average molecular weight is 590 g/mol. The Bertz CT molecular complexity index is 1560. The summed E-state index contributed by atoms with van der Waals surface area (Å²) in [5.74, 6) is -4.07. The molecule has 224 valence electrons. The molecule has 5 atom stereocenters. The van der Waals surface area contributed by atoms with Crippen LogP contribution in [0.5, 0.6) is 23.0 Å². The molecule has 0 amide bonds. The van der Waals surface area contributed by atoms with Crippen molar-refractivity contribution in [2.75, 3.05) is 21.3 Å². The highest BCUT2D eigenvalue weighted by Gasteiger charge is 2.51. The second kappa shape index (κ2) is 12.3. The summed E-state index contributed by atoms with van der Waals surface area (Å²) in [5.41, 5.74) is -0.522. The largest absolute Gasteiger partial charge is 0.507 e. The van der Waals surface area contributed by atoms with Crippen LogP contribution >= 0.6 is 0 Å². The lowest BCUT2D eigenvalue weighted by Gasteiger charge is -2.40. The number of phenolic OH excluding ortho intramolecular Hbond substituents is 2. The summed E-state index contributed by atoms with van der Waals surface area (Å²) < 4.78 is 36.1. The highest BCUT2D eigenvalue weighted by Crippen LogP contribution is 2.36.